The van der Waals surface area contributed by atoms with Crippen molar-refractivity contribution in [2.45, 2.75) is 17.5 Å². The van der Waals surface area contributed by atoms with Crippen molar-refractivity contribution < 1.29 is 38.2 Å². The van der Waals surface area contributed by atoms with Gasteiger partial charge in [0.2, 0.25) is 0 Å². The second-order valence-electron chi connectivity index (χ2n) is 4.57. The van der Waals surface area contributed by atoms with E-state index < -0.39 is 71.8 Å². The number of nitrogens with one attached hydrogen (secondary N) is 1. The zero-order valence-corrected chi connectivity index (χ0v) is 16.5. The molecule has 139 valence electrons. The molecule has 2 heterocycles. The molecule has 11 heteroatoms. The van der Waals surface area contributed by atoms with Crippen LogP contribution in [-0.4, -0.2) is 69.5 Å². The number of imidazole rings is 1. The van der Waals surface area contributed by atoms with Crippen molar-refractivity contribution in [2.24, 2.45) is 0 Å². The van der Waals surface area contributed by atoms with Crippen LogP contribution in [0.15, 0.2) is 35.6 Å². The molecule has 0 aliphatic rings. The van der Waals surface area contributed by atoms with Crippen molar-refractivity contribution >= 4 is 51.4 Å². The predicted molar refractivity (Wildman–Crippen MR) is 95.9 cm³/mol. The molecule has 0 aliphatic heterocycles. The summed E-state index contributed by atoms with van der Waals surface area (Å²) in [5.74, 6) is -1.88. The minimum atomic E-state index is -3.12. The minimum absolute atomic E-state index is 0. The van der Waals surface area contributed by atoms with E-state index in [-0.39, 0.29) is 46.3 Å². The van der Waals surface area contributed by atoms with Gasteiger partial charge in [-0.3, -0.25) is 9.19 Å². The molecule has 0 saturated heterocycles. The van der Waals surface area contributed by atoms with Crippen LogP contribution in [0.2, 0.25) is 0 Å². The van der Waals surface area contributed by atoms with Gasteiger partial charge in [-0.05, 0) is 12.1 Å². The standard InChI is InChI=1S/C16H15F2N3O4S.Na/c1-23-13-5-6-19-12(14(13)24-2)8-26(22)16-20-10-4-3-9(25-15(17)18)7-11(10)21-16;/h3-7,15H,8H2,1-2H3,(H,20,21);/i1D3,2D,5D,6D,8D2;. The van der Waals surface area contributed by atoms with Crippen molar-refractivity contribution in [2.75, 3.05) is 14.1 Å². The Morgan fingerprint density at radius 3 is 3.04 bits per heavy atom. The Labute approximate surface area is 189 Å². The SMILES string of the molecule is [2H]COc1c(C([2H])([2H])S(=O)c2nc3ccc(OC(F)F)cc3[nH]2)nc([2H])c([2H])c1OC([2H])([2H])[2H].[Na]. The maximum absolute atomic E-state index is 13.1. The number of aromatic nitrogens is 3. The molecule has 3 rings (SSSR count). The van der Waals surface area contributed by atoms with Gasteiger partial charge in [0.1, 0.15) is 5.75 Å². The minimum Gasteiger partial charge on any atom is -0.493 e. The van der Waals surface area contributed by atoms with Gasteiger partial charge in [-0.1, -0.05) is 0 Å². The monoisotopic (exact) mass is 414 g/mol. The number of ether oxygens (including phenoxy) is 3. The first-order valence-corrected chi connectivity index (χ1v) is 7.88. The van der Waals surface area contributed by atoms with Crippen molar-refractivity contribution in [3.05, 3.63) is 36.1 Å². The Kier molecular flexibility index (Phi) is 4.43. The summed E-state index contributed by atoms with van der Waals surface area (Å²) in [5.41, 5.74) is -3.62. The molecule has 0 bridgehead atoms. The van der Waals surface area contributed by atoms with Crippen LogP contribution in [0.4, 0.5) is 8.78 Å². The maximum Gasteiger partial charge on any atom is 0.387 e. The van der Waals surface area contributed by atoms with E-state index in [1.807, 2.05) is 0 Å². The average Bonchev–Trinajstić information content (AvgIpc) is 3.14. The fourth-order valence-electron chi connectivity index (χ4n) is 1.99. The zero-order chi connectivity index (χ0) is 25.4. The molecule has 1 N–H and O–H groups in total. The number of pyridine rings is 1. The molecule has 0 fully saturated rings. The maximum atomic E-state index is 13.1. The summed E-state index contributed by atoms with van der Waals surface area (Å²) in [6.07, 6.45) is -0.897. The number of benzene rings is 1. The molecule has 0 saturated carbocycles. The number of nitrogens with zero attached hydrogens (tertiary/aromatic N) is 2. The Balaban J connectivity index is 0.00000432. The number of methoxy groups -OCH3 is 2. The molecule has 0 amide bonds. The number of halogens is 2. The van der Waals surface area contributed by atoms with Gasteiger partial charge in [-0.15, -0.1) is 0 Å². The first-order valence-electron chi connectivity index (χ1n) is 10.9. The molecule has 2 aromatic heterocycles. The normalized spacial score (nSPS) is 17.1. The van der Waals surface area contributed by atoms with Gasteiger partial charge in [0.15, 0.2) is 16.7 Å². The summed E-state index contributed by atoms with van der Waals surface area (Å²) >= 11 is 0. The van der Waals surface area contributed by atoms with E-state index >= 15 is 0 Å². The van der Waals surface area contributed by atoms with Crippen LogP contribution < -0.4 is 14.2 Å². The number of fused-ring (bicyclic) bond motifs is 1. The van der Waals surface area contributed by atoms with Crippen LogP contribution in [0.1, 0.15) is 16.7 Å². The number of alkyl halides is 2. The Morgan fingerprint density at radius 1 is 1.44 bits per heavy atom. The van der Waals surface area contributed by atoms with E-state index in [1.165, 1.54) is 12.1 Å². The molecule has 27 heavy (non-hydrogen) atoms. The van der Waals surface area contributed by atoms with Gasteiger partial charge >= 0.3 is 6.61 Å². The van der Waals surface area contributed by atoms with Gasteiger partial charge in [0, 0.05) is 50.6 Å². The van der Waals surface area contributed by atoms with Gasteiger partial charge < -0.3 is 19.2 Å². The van der Waals surface area contributed by atoms with E-state index in [4.69, 9.17) is 20.4 Å². The quantitative estimate of drug-likeness (QED) is 0.598. The number of H-pyrrole nitrogens is 1. The number of hydrogen-bond donors (Lipinski definition) is 1. The van der Waals surface area contributed by atoms with Crippen LogP contribution in [0, 0.1) is 0 Å². The van der Waals surface area contributed by atoms with Crippen LogP contribution in [0.5, 0.6) is 17.2 Å². The molecular weight excluding hydrogens is 391 g/mol. The molecule has 1 atom stereocenters. The molecular formula is C16H15F2N3NaO4S. The number of aromatic amines is 1. The topological polar surface area (TPSA) is 86.3 Å². The molecule has 0 spiro atoms. The zero-order valence-electron chi connectivity index (χ0n) is 21.7. The summed E-state index contributed by atoms with van der Waals surface area (Å²) in [6, 6.07) is 2.73. The van der Waals surface area contributed by atoms with Gasteiger partial charge in [-0.25, -0.2) is 4.98 Å². The Bertz CT molecular complexity index is 1250. The predicted octanol–water partition coefficient (Wildman–Crippen LogP) is 2.50. The second kappa shape index (κ2) is 9.45. The van der Waals surface area contributed by atoms with Crippen molar-refractivity contribution in [1.82, 2.24) is 15.0 Å². The first kappa shape index (κ1) is 12.7. The summed E-state index contributed by atoms with van der Waals surface area (Å²) in [5, 5.41) is -0.451. The van der Waals surface area contributed by atoms with Crippen LogP contribution in [0.3, 0.4) is 0 Å². The average molecular weight is 414 g/mol. The summed E-state index contributed by atoms with van der Waals surface area (Å²) in [4.78, 5) is 10.1. The largest absolute Gasteiger partial charge is 0.493 e. The Hall–Kier alpha value is -1.75. The number of hydrogen-bond acceptors (Lipinski definition) is 6. The van der Waals surface area contributed by atoms with Crippen LogP contribution in [0.25, 0.3) is 11.0 Å². The van der Waals surface area contributed by atoms with E-state index in [9.17, 15) is 13.0 Å². The summed E-state index contributed by atoms with van der Waals surface area (Å²) in [7, 11) is -6.72. The fraction of sp³-hybridized carbons (Fsp3) is 0.250. The third kappa shape index (κ3) is 4.95. The van der Waals surface area contributed by atoms with Gasteiger partial charge in [0.25, 0.3) is 0 Å². The van der Waals surface area contributed by atoms with Crippen molar-refractivity contribution in [3.8, 4) is 17.2 Å². The van der Waals surface area contributed by atoms with Gasteiger partial charge in [0.05, 0.1) is 55.6 Å². The van der Waals surface area contributed by atoms with Gasteiger partial charge in [-0.2, -0.15) is 8.78 Å². The third-order valence-corrected chi connectivity index (χ3v) is 3.95. The summed E-state index contributed by atoms with van der Waals surface area (Å²) < 4.78 is 113. The van der Waals surface area contributed by atoms with Crippen LogP contribution in [-0.2, 0) is 16.5 Å². The van der Waals surface area contributed by atoms with E-state index in [2.05, 4.69) is 19.7 Å². The van der Waals surface area contributed by atoms with E-state index in [0.717, 1.165) is 6.07 Å². The molecule has 1 unspecified atom stereocenters. The molecule has 1 radical (unpaired) electrons. The van der Waals surface area contributed by atoms with Crippen molar-refractivity contribution in [1.29, 1.82) is 0 Å². The molecule has 7 nitrogen and oxygen atoms in total. The van der Waals surface area contributed by atoms with Crippen LogP contribution >= 0.6 is 0 Å². The molecule has 0 aliphatic carbocycles. The molecule has 1 aromatic carbocycles. The van der Waals surface area contributed by atoms with Crippen molar-refractivity contribution in [3.63, 3.8) is 0 Å². The van der Waals surface area contributed by atoms with E-state index in [0.29, 0.717) is 0 Å². The number of rotatable bonds is 7. The van der Waals surface area contributed by atoms with E-state index in [1.54, 1.807) is 0 Å². The first-order chi connectivity index (χ1) is 15.7. The third-order valence-electron chi connectivity index (χ3n) is 3.03. The Morgan fingerprint density at radius 2 is 2.30 bits per heavy atom. The smallest absolute Gasteiger partial charge is 0.387 e. The second-order valence-corrected chi connectivity index (χ2v) is 5.70. The summed E-state index contributed by atoms with van der Waals surface area (Å²) in [6.45, 7) is -3.09. The molecule has 3 aromatic rings. The fourth-order valence-corrected chi connectivity index (χ4v) is 2.78.